The standard InChI is InChI=1S/C28H23FN6/c1-35(2)16-17-11-19(15-30-14-17)18-7-8-25-23(12-18)27(34-33-25)26-13-22-20(9-10-31-28(22)32-26)21-5-3-4-6-24(21)29/h3-15H,16H2,1-2H3,(H,31,32)(H,33,34). The fourth-order valence-corrected chi connectivity index (χ4v) is 4.56. The first kappa shape index (κ1) is 21.2. The third-order valence-corrected chi connectivity index (χ3v) is 6.14. The van der Waals surface area contributed by atoms with Gasteiger partial charge >= 0.3 is 0 Å². The maximum Gasteiger partial charge on any atom is 0.138 e. The smallest absolute Gasteiger partial charge is 0.138 e. The summed E-state index contributed by atoms with van der Waals surface area (Å²) in [7, 11) is 4.09. The number of halogens is 1. The molecule has 0 saturated carbocycles. The molecule has 4 aromatic heterocycles. The molecule has 0 fully saturated rings. The molecule has 0 aliphatic rings. The van der Waals surface area contributed by atoms with Crippen molar-refractivity contribution in [3.63, 3.8) is 0 Å². The molecule has 0 saturated heterocycles. The fourth-order valence-electron chi connectivity index (χ4n) is 4.56. The fraction of sp³-hybridized carbons (Fsp3) is 0.107. The van der Waals surface area contributed by atoms with Crippen molar-refractivity contribution >= 4 is 21.9 Å². The zero-order valence-electron chi connectivity index (χ0n) is 19.4. The van der Waals surface area contributed by atoms with Gasteiger partial charge in [0, 0.05) is 47.0 Å². The molecule has 7 heteroatoms. The second-order valence-corrected chi connectivity index (χ2v) is 8.94. The van der Waals surface area contributed by atoms with Crippen LogP contribution in [-0.4, -0.2) is 44.1 Å². The molecule has 2 aromatic carbocycles. The van der Waals surface area contributed by atoms with Gasteiger partial charge in [0.25, 0.3) is 0 Å². The van der Waals surface area contributed by atoms with E-state index in [1.165, 1.54) is 6.07 Å². The molecular weight excluding hydrogens is 439 g/mol. The van der Waals surface area contributed by atoms with E-state index in [1.807, 2.05) is 50.8 Å². The lowest BCUT2D eigenvalue weighted by molar-refractivity contribution is 0.402. The van der Waals surface area contributed by atoms with Gasteiger partial charge in [-0.15, -0.1) is 0 Å². The average Bonchev–Trinajstić information content (AvgIpc) is 3.47. The summed E-state index contributed by atoms with van der Waals surface area (Å²) in [5, 5.41) is 9.56. The lowest BCUT2D eigenvalue weighted by Gasteiger charge is -2.10. The van der Waals surface area contributed by atoms with Crippen molar-refractivity contribution < 1.29 is 4.39 Å². The Morgan fingerprint density at radius 2 is 1.77 bits per heavy atom. The first-order valence-electron chi connectivity index (χ1n) is 11.4. The van der Waals surface area contributed by atoms with Gasteiger partial charge in [-0.05, 0) is 67.2 Å². The van der Waals surface area contributed by atoms with E-state index in [0.29, 0.717) is 11.2 Å². The molecule has 6 rings (SSSR count). The first-order valence-corrected chi connectivity index (χ1v) is 11.4. The van der Waals surface area contributed by atoms with Gasteiger partial charge in [0.2, 0.25) is 0 Å². The van der Waals surface area contributed by atoms with Gasteiger partial charge in [0.1, 0.15) is 17.2 Å². The van der Waals surface area contributed by atoms with Crippen LogP contribution >= 0.6 is 0 Å². The van der Waals surface area contributed by atoms with Gasteiger partial charge < -0.3 is 9.88 Å². The topological polar surface area (TPSA) is 73.5 Å². The SMILES string of the molecule is CN(C)Cc1cncc(-c2ccc3[nH]nc(-c4cc5c(-c6ccccc6F)ccnc5[nH]4)c3c2)c1. The summed E-state index contributed by atoms with van der Waals surface area (Å²) in [6, 6.07) is 19.0. The second-order valence-electron chi connectivity index (χ2n) is 8.94. The molecule has 0 radical (unpaired) electrons. The van der Waals surface area contributed by atoms with Crippen molar-refractivity contribution in [2.24, 2.45) is 0 Å². The minimum Gasteiger partial charge on any atom is -0.338 e. The number of H-pyrrole nitrogens is 2. The van der Waals surface area contributed by atoms with Crippen LogP contribution in [-0.2, 0) is 6.54 Å². The van der Waals surface area contributed by atoms with E-state index >= 15 is 0 Å². The number of benzene rings is 2. The largest absolute Gasteiger partial charge is 0.338 e. The summed E-state index contributed by atoms with van der Waals surface area (Å²) < 4.78 is 14.5. The predicted octanol–water partition coefficient (Wildman–Crippen LogP) is 6.04. The molecule has 0 aliphatic carbocycles. The van der Waals surface area contributed by atoms with Gasteiger partial charge in [-0.1, -0.05) is 24.3 Å². The molecule has 0 spiro atoms. The highest BCUT2D eigenvalue weighted by molar-refractivity contribution is 6.00. The summed E-state index contributed by atoms with van der Waals surface area (Å²) in [6.07, 6.45) is 5.47. The Morgan fingerprint density at radius 1 is 0.886 bits per heavy atom. The molecule has 0 amide bonds. The van der Waals surface area contributed by atoms with Crippen LogP contribution in [0.1, 0.15) is 5.56 Å². The summed E-state index contributed by atoms with van der Waals surface area (Å²) in [5.41, 5.74) is 7.84. The van der Waals surface area contributed by atoms with Crippen LogP contribution in [0.4, 0.5) is 4.39 Å². The van der Waals surface area contributed by atoms with Crippen molar-refractivity contribution in [1.29, 1.82) is 0 Å². The molecule has 172 valence electrons. The molecular formula is C28H23FN6. The van der Waals surface area contributed by atoms with E-state index in [2.05, 4.69) is 48.2 Å². The minimum absolute atomic E-state index is 0.261. The van der Waals surface area contributed by atoms with E-state index in [0.717, 1.165) is 56.5 Å². The number of pyridine rings is 2. The van der Waals surface area contributed by atoms with Gasteiger partial charge in [-0.25, -0.2) is 9.37 Å². The van der Waals surface area contributed by atoms with Crippen molar-refractivity contribution in [2.75, 3.05) is 14.1 Å². The van der Waals surface area contributed by atoms with Crippen LogP contribution in [0, 0.1) is 5.82 Å². The Kier molecular flexibility index (Phi) is 5.12. The number of aromatic amines is 2. The van der Waals surface area contributed by atoms with Crippen molar-refractivity contribution in [3.05, 3.63) is 90.6 Å². The summed E-state index contributed by atoms with van der Waals surface area (Å²) in [5.74, 6) is -0.261. The minimum atomic E-state index is -0.261. The predicted molar refractivity (Wildman–Crippen MR) is 137 cm³/mol. The number of nitrogens with one attached hydrogen (secondary N) is 2. The number of hydrogen-bond donors (Lipinski definition) is 2. The summed E-state index contributed by atoms with van der Waals surface area (Å²) in [6.45, 7) is 0.826. The van der Waals surface area contributed by atoms with Crippen LogP contribution in [0.15, 0.2) is 79.3 Å². The number of hydrogen-bond acceptors (Lipinski definition) is 4. The molecule has 6 nitrogen and oxygen atoms in total. The van der Waals surface area contributed by atoms with E-state index in [-0.39, 0.29) is 5.82 Å². The van der Waals surface area contributed by atoms with Crippen LogP contribution in [0.3, 0.4) is 0 Å². The average molecular weight is 463 g/mol. The quantitative estimate of drug-likeness (QED) is 0.328. The van der Waals surface area contributed by atoms with Crippen molar-refractivity contribution in [2.45, 2.75) is 6.54 Å². The Hall–Kier alpha value is -4.36. The molecule has 4 heterocycles. The van der Waals surface area contributed by atoms with Crippen LogP contribution in [0.5, 0.6) is 0 Å². The zero-order chi connectivity index (χ0) is 23.9. The monoisotopic (exact) mass is 462 g/mol. The number of aromatic nitrogens is 5. The Morgan fingerprint density at radius 3 is 2.63 bits per heavy atom. The molecule has 6 aromatic rings. The van der Waals surface area contributed by atoms with Crippen LogP contribution in [0.2, 0.25) is 0 Å². The van der Waals surface area contributed by atoms with Crippen molar-refractivity contribution in [3.8, 4) is 33.6 Å². The highest BCUT2D eigenvalue weighted by atomic mass is 19.1. The number of rotatable bonds is 5. The van der Waals surface area contributed by atoms with Crippen molar-refractivity contribution in [1.82, 2.24) is 30.0 Å². The molecule has 0 bridgehead atoms. The molecule has 2 N–H and O–H groups in total. The van der Waals surface area contributed by atoms with E-state index in [1.54, 1.807) is 18.3 Å². The van der Waals surface area contributed by atoms with Gasteiger partial charge in [0.05, 0.1) is 11.2 Å². The highest BCUT2D eigenvalue weighted by Crippen LogP contribution is 2.35. The van der Waals surface area contributed by atoms with E-state index < -0.39 is 0 Å². The Labute approximate surface area is 201 Å². The first-order chi connectivity index (χ1) is 17.1. The molecule has 35 heavy (non-hydrogen) atoms. The second kappa shape index (κ2) is 8.45. The van der Waals surface area contributed by atoms with Gasteiger partial charge in [-0.2, -0.15) is 5.10 Å². The Bertz CT molecular complexity index is 1680. The number of nitrogens with zero attached hydrogens (tertiary/aromatic N) is 4. The lowest BCUT2D eigenvalue weighted by Crippen LogP contribution is -2.10. The zero-order valence-corrected chi connectivity index (χ0v) is 19.4. The van der Waals surface area contributed by atoms with Gasteiger partial charge in [0.15, 0.2) is 0 Å². The maximum atomic E-state index is 14.5. The molecule has 0 atom stereocenters. The summed E-state index contributed by atoms with van der Waals surface area (Å²) in [4.78, 5) is 14.4. The van der Waals surface area contributed by atoms with E-state index in [4.69, 9.17) is 0 Å². The third kappa shape index (κ3) is 3.86. The maximum absolute atomic E-state index is 14.5. The van der Waals surface area contributed by atoms with Crippen LogP contribution in [0.25, 0.3) is 55.6 Å². The lowest BCUT2D eigenvalue weighted by atomic mass is 10.0. The highest BCUT2D eigenvalue weighted by Gasteiger charge is 2.16. The molecule has 0 unspecified atom stereocenters. The van der Waals surface area contributed by atoms with Crippen LogP contribution < -0.4 is 0 Å². The molecule has 0 aliphatic heterocycles. The van der Waals surface area contributed by atoms with Gasteiger partial charge in [-0.3, -0.25) is 10.1 Å². The number of fused-ring (bicyclic) bond motifs is 2. The summed E-state index contributed by atoms with van der Waals surface area (Å²) >= 11 is 0. The van der Waals surface area contributed by atoms with E-state index in [9.17, 15) is 4.39 Å². The normalized spacial score (nSPS) is 11.7. The third-order valence-electron chi connectivity index (χ3n) is 6.14. The Balaban J connectivity index is 1.46.